The third-order valence-electron chi connectivity index (χ3n) is 3.12. The number of fused-ring (bicyclic) bond motifs is 1. The van der Waals surface area contributed by atoms with Gasteiger partial charge in [0, 0.05) is 23.8 Å². The molecule has 0 saturated carbocycles. The summed E-state index contributed by atoms with van der Waals surface area (Å²) in [6.45, 7) is 3.73. The van der Waals surface area contributed by atoms with E-state index >= 15 is 0 Å². The Balaban J connectivity index is 1.59. The predicted molar refractivity (Wildman–Crippen MR) is 74.7 cm³/mol. The van der Waals surface area contributed by atoms with Crippen LogP contribution in [0.4, 0.5) is 0 Å². The van der Waals surface area contributed by atoms with Crippen molar-refractivity contribution in [2.75, 3.05) is 0 Å². The lowest BCUT2D eigenvalue weighted by Crippen LogP contribution is -2.29. The Hall–Kier alpha value is -2.07. The molecule has 0 bridgehead atoms. The second-order valence-electron chi connectivity index (χ2n) is 4.76. The maximum absolute atomic E-state index is 5.77. The Bertz CT molecular complexity index is 609. The Morgan fingerprint density at radius 3 is 3.00 bits per heavy atom. The first kappa shape index (κ1) is 12.0. The van der Waals surface area contributed by atoms with Gasteiger partial charge in [-0.2, -0.15) is 5.10 Å². The van der Waals surface area contributed by atoms with Crippen LogP contribution in [0.15, 0.2) is 53.2 Å². The summed E-state index contributed by atoms with van der Waals surface area (Å²) in [7, 11) is 0. The summed E-state index contributed by atoms with van der Waals surface area (Å²) < 4.78 is 7.70. The fourth-order valence-corrected chi connectivity index (χ4v) is 2.15. The van der Waals surface area contributed by atoms with Gasteiger partial charge in [-0.15, -0.1) is 0 Å². The van der Waals surface area contributed by atoms with Crippen molar-refractivity contribution in [3.63, 3.8) is 0 Å². The Morgan fingerprint density at radius 1 is 1.32 bits per heavy atom. The summed E-state index contributed by atoms with van der Waals surface area (Å²) in [6, 6.07) is 12.4. The molecule has 19 heavy (non-hydrogen) atoms. The number of rotatable bonds is 5. The summed E-state index contributed by atoms with van der Waals surface area (Å²) >= 11 is 0. The van der Waals surface area contributed by atoms with Crippen LogP contribution < -0.4 is 5.32 Å². The van der Waals surface area contributed by atoms with Crippen molar-refractivity contribution < 1.29 is 4.42 Å². The molecule has 0 spiro atoms. The summed E-state index contributed by atoms with van der Waals surface area (Å²) in [4.78, 5) is 0. The van der Waals surface area contributed by atoms with E-state index in [0.29, 0.717) is 6.04 Å². The van der Waals surface area contributed by atoms with Gasteiger partial charge in [0.1, 0.15) is 11.3 Å². The number of nitrogens with one attached hydrogen (secondary N) is 1. The normalized spacial score (nSPS) is 12.9. The van der Waals surface area contributed by atoms with Crippen LogP contribution >= 0.6 is 0 Å². The second kappa shape index (κ2) is 5.28. The minimum atomic E-state index is 0.341. The molecule has 2 aromatic heterocycles. The number of nitrogens with zero attached hydrogens (tertiary/aromatic N) is 2. The SMILES string of the molecule is CC(Cn1cccn1)NCc1cc2ccccc2o1. The summed E-state index contributed by atoms with van der Waals surface area (Å²) in [5.74, 6) is 0.966. The molecule has 4 heteroatoms. The van der Waals surface area contributed by atoms with Gasteiger partial charge in [-0.3, -0.25) is 4.68 Å². The number of hydrogen-bond donors (Lipinski definition) is 1. The molecule has 0 aliphatic carbocycles. The fourth-order valence-electron chi connectivity index (χ4n) is 2.15. The average Bonchev–Trinajstić information content (AvgIpc) is 3.04. The minimum absolute atomic E-state index is 0.341. The van der Waals surface area contributed by atoms with E-state index in [4.69, 9.17) is 4.42 Å². The van der Waals surface area contributed by atoms with E-state index in [1.807, 2.05) is 35.1 Å². The van der Waals surface area contributed by atoms with Gasteiger partial charge in [0.25, 0.3) is 0 Å². The molecule has 1 unspecified atom stereocenters. The Labute approximate surface area is 112 Å². The molecule has 0 saturated heterocycles. The number of benzene rings is 1. The van der Waals surface area contributed by atoms with Crippen molar-refractivity contribution in [3.8, 4) is 0 Å². The lowest BCUT2D eigenvalue weighted by molar-refractivity contribution is 0.423. The van der Waals surface area contributed by atoms with Crippen molar-refractivity contribution in [2.45, 2.75) is 26.1 Å². The molecule has 1 N–H and O–H groups in total. The lowest BCUT2D eigenvalue weighted by Gasteiger charge is -2.12. The number of aromatic nitrogens is 2. The highest BCUT2D eigenvalue weighted by Gasteiger charge is 2.06. The third-order valence-corrected chi connectivity index (χ3v) is 3.12. The summed E-state index contributed by atoms with van der Waals surface area (Å²) in [5, 5.41) is 8.79. The van der Waals surface area contributed by atoms with Crippen molar-refractivity contribution in [1.29, 1.82) is 0 Å². The van der Waals surface area contributed by atoms with Gasteiger partial charge in [-0.1, -0.05) is 18.2 Å². The molecule has 4 nitrogen and oxygen atoms in total. The van der Waals surface area contributed by atoms with Gasteiger partial charge < -0.3 is 9.73 Å². The Morgan fingerprint density at radius 2 is 2.21 bits per heavy atom. The van der Waals surface area contributed by atoms with E-state index in [1.54, 1.807) is 6.20 Å². The second-order valence-corrected chi connectivity index (χ2v) is 4.76. The van der Waals surface area contributed by atoms with Gasteiger partial charge in [0.2, 0.25) is 0 Å². The highest BCUT2D eigenvalue weighted by molar-refractivity contribution is 5.77. The quantitative estimate of drug-likeness (QED) is 0.762. The molecule has 0 aliphatic heterocycles. The standard InChI is InChI=1S/C15H17N3O/c1-12(11-18-8-4-7-17-18)16-10-14-9-13-5-2-3-6-15(13)19-14/h2-9,12,16H,10-11H2,1H3. The van der Waals surface area contributed by atoms with E-state index in [0.717, 1.165) is 29.8 Å². The lowest BCUT2D eigenvalue weighted by atomic mass is 10.2. The van der Waals surface area contributed by atoms with Crippen molar-refractivity contribution >= 4 is 11.0 Å². The van der Waals surface area contributed by atoms with Crippen LogP contribution in [0.25, 0.3) is 11.0 Å². The van der Waals surface area contributed by atoms with Crippen molar-refractivity contribution in [3.05, 3.63) is 54.6 Å². The van der Waals surface area contributed by atoms with Crippen LogP contribution in [0, 0.1) is 0 Å². The van der Waals surface area contributed by atoms with Crippen molar-refractivity contribution in [2.24, 2.45) is 0 Å². The van der Waals surface area contributed by atoms with Crippen LogP contribution in [-0.2, 0) is 13.1 Å². The highest BCUT2D eigenvalue weighted by Crippen LogP contribution is 2.18. The molecular formula is C15H17N3O. The average molecular weight is 255 g/mol. The van der Waals surface area contributed by atoms with E-state index in [2.05, 4.69) is 29.5 Å². The molecule has 1 aromatic carbocycles. The first-order valence-electron chi connectivity index (χ1n) is 6.49. The van der Waals surface area contributed by atoms with Crippen molar-refractivity contribution in [1.82, 2.24) is 15.1 Å². The maximum atomic E-state index is 5.77. The molecule has 0 aliphatic rings. The summed E-state index contributed by atoms with van der Waals surface area (Å²) in [6.07, 6.45) is 3.77. The first-order valence-corrected chi connectivity index (χ1v) is 6.49. The molecule has 3 rings (SSSR count). The zero-order chi connectivity index (χ0) is 13.1. The van der Waals surface area contributed by atoms with Crippen LogP contribution in [0.5, 0.6) is 0 Å². The molecule has 3 aromatic rings. The summed E-state index contributed by atoms with van der Waals surface area (Å²) in [5.41, 5.74) is 0.944. The molecule has 2 heterocycles. The van der Waals surface area contributed by atoms with Crippen LogP contribution in [-0.4, -0.2) is 15.8 Å². The molecular weight excluding hydrogens is 238 g/mol. The smallest absolute Gasteiger partial charge is 0.134 e. The minimum Gasteiger partial charge on any atom is -0.460 e. The zero-order valence-electron chi connectivity index (χ0n) is 10.9. The highest BCUT2D eigenvalue weighted by atomic mass is 16.3. The molecule has 1 atom stereocenters. The van der Waals surface area contributed by atoms with E-state index in [-0.39, 0.29) is 0 Å². The van der Waals surface area contributed by atoms with Crippen LogP contribution in [0.2, 0.25) is 0 Å². The molecule has 0 radical (unpaired) electrons. The molecule has 98 valence electrons. The predicted octanol–water partition coefficient (Wildman–Crippen LogP) is 2.81. The fraction of sp³-hybridized carbons (Fsp3) is 0.267. The molecule has 0 amide bonds. The largest absolute Gasteiger partial charge is 0.460 e. The molecule has 0 fully saturated rings. The number of furan rings is 1. The van der Waals surface area contributed by atoms with Gasteiger partial charge in [0.05, 0.1) is 13.1 Å². The van der Waals surface area contributed by atoms with Gasteiger partial charge in [-0.05, 0) is 25.1 Å². The first-order chi connectivity index (χ1) is 9.31. The van der Waals surface area contributed by atoms with Crippen LogP contribution in [0.3, 0.4) is 0 Å². The Kier molecular flexibility index (Phi) is 3.33. The maximum Gasteiger partial charge on any atom is 0.134 e. The zero-order valence-corrected chi connectivity index (χ0v) is 10.9. The van der Waals surface area contributed by atoms with Gasteiger partial charge in [-0.25, -0.2) is 0 Å². The van der Waals surface area contributed by atoms with Crippen LogP contribution in [0.1, 0.15) is 12.7 Å². The topological polar surface area (TPSA) is 43.0 Å². The monoisotopic (exact) mass is 255 g/mol. The third kappa shape index (κ3) is 2.85. The van der Waals surface area contributed by atoms with E-state index in [9.17, 15) is 0 Å². The van der Waals surface area contributed by atoms with E-state index < -0.39 is 0 Å². The van der Waals surface area contributed by atoms with E-state index in [1.165, 1.54) is 0 Å². The number of para-hydroxylation sites is 1. The van der Waals surface area contributed by atoms with Gasteiger partial charge >= 0.3 is 0 Å². The number of hydrogen-bond acceptors (Lipinski definition) is 3. The van der Waals surface area contributed by atoms with Gasteiger partial charge in [0.15, 0.2) is 0 Å².